The molecule has 0 saturated carbocycles. The maximum absolute atomic E-state index is 13.9. The number of nitrogens with two attached hydrogens (primary N) is 1. The van der Waals surface area contributed by atoms with Crippen molar-refractivity contribution in [3.05, 3.63) is 59.4 Å². The number of aryl methyl sites for hydroxylation is 1. The molecule has 3 heteroatoms. The quantitative estimate of drug-likeness (QED) is 0.893. The molecule has 2 rings (SSSR count). The number of hydrogen-bond acceptors (Lipinski definition) is 2. The molecule has 0 fully saturated rings. The monoisotopic (exact) mass is 259 g/mol. The molecule has 0 aliphatic carbocycles. The SMILES string of the molecule is CCc1cccc(Oc2c(F)cccc2[C@@H](C)N)c1. The molecule has 100 valence electrons. The van der Waals surface area contributed by atoms with E-state index in [1.165, 1.54) is 6.07 Å². The van der Waals surface area contributed by atoms with Crippen molar-refractivity contribution in [2.75, 3.05) is 0 Å². The Balaban J connectivity index is 2.37. The summed E-state index contributed by atoms with van der Waals surface area (Å²) in [4.78, 5) is 0. The second-order valence-electron chi connectivity index (χ2n) is 4.55. The largest absolute Gasteiger partial charge is 0.454 e. The summed E-state index contributed by atoms with van der Waals surface area (Å²) in [6.45, 7) is 3.87. The molecule has 0 heterocycles. The second-order valence-corrected chi connectivity index (χ2v) is 4.55. The van der Waals surface area contributed by atoms with Crippen molar-refractivity contribution in [1.29, 1.82) is 0 Å². The van der Waals surface area contributed by atoms with Gasteiger partial charge in [-0.3, -0.25) is 0 Å². The van der Waals surface area contributed by atoms with Crippen LogP contribution in [0.3, 0.4) is 0 Å². The molecule has 0 bridgehead atoms. The fraction of sp³-hybridized carbons (Fsp3) is 0.250. The molecule has 0 aliphatic heterocycles. The van der Waals surface area contributed by atoms with E-state index in [2.05, 4.69) is 6.92 Å². The first-order valence-electron chi connectivity index (χ1n) is 6.42. The fourth-order valence-electron chi connectivity index (χ4n) is 1.94. The molecule has 2 N–H and O–H groups in total. The van der Waals surface area contributed by atoms with E-state index in [0.29, 0.717) is 11.3 Å². The van der Waals surface area contributed by atoms with Gasteiger partial charge in [0.15, 0.2) is 11.6 Å². The Morgan fingerprint density at radius 3 is 2.63 bits per heavy atom. The van der Waals surface area contributed by atoms with Crippen LogP contribution in [0.2, 0.25) is 0 Å². The van der Waals surface area contributed by atoms with Crippen molar-refractivity contribution in [3.8, 4) is 11.5 Å². The maximum atomic E-state index is 13.9. The van der Waals surface area contributed by atoms with Crippen molar-refractivity contribution in [1.82, 2.24) is 0 Å². The zero-order valence-electron chi connectivity index (χ0n) is 11.2. The van der Waals surface area contributed by atoms with Crippen molar-refractivity contribution >= 4 is 0 Å². The van der Waals surface area contributed by atoms with Gasteiger partial charge >= 0.3 is 0 Å². The third-order valence-electron chi connectivity index (χ3n) is 3.01. The molecular formula is C16H18FNO. The highest BCUT2D eigenvalue weighted by atomic mass is 19.1. The number of halogens is 1. The summed E-state index contributed by atoms with van der Waals surface area (Å²) in [5.41, 5.74) is 7.66. The van der Waals surface area contributed by atoms with Gasteiger partial charge in [0.25, 0.3) is 0 Å². The van der Waals surface area contributed by atoms with Gasteiger partial charge < -0.3 is 10.5 Å². The lowest BCUT2D eigenvalue weighted by Crippen LogP contribution is -2.07. The van der Waals surface area contributed by atoms with E-state index in [-0.39, 0.29) is 11.8 Å². The van der Waals surface area contributed by atoms with Gasteiger partial charge in [0.1, 0.15) is 5.75 Å². The summed E-state index contributed by atoms with van der Waals surface area (Å²) in [7, 11) is 0. The van der Waals surface area contributed by atoms with E-state index in [9.17, 15) is 4.39 Å². The van der Waals surface area contributed by atoms with E-state index < -0.39 is 5.82 Å². The van der Waals surface area contributed by atoms with Gasteiger partial charge in [-0.25, -0.2) is 4.39 Å². The summed E-state index contributed by atoms with van der Waals surface area (Å²) in [5.74, 6) is 0.453. The van der Waals surface area contributed by atoms with Crippen molar-refractivity contribution in [2.24, 2.45) is 5.73 Å². The fourth-order valence-corrected chi connectivity index (χ4v) is 1.94. The molecule has 1 atom stereocenters. The summed E-state index contributed by atoms with van der Waals surface area (Å²) in [6, 6.07) is 12.2. The van der Waals surface area contributed by atoms with Crippen LogP contribution < -0.4 is 10.5 Å². The van der Waals surface area contributed by atoms with Crippen LogP contribution in [0.15, 0.2) is 42.5 Å². The third kappa shape index (κ3) is 3.12. The lowest BCUT2D eigenvalue weighted by Gasteiger charge is -2.14. The first kappa shape index (κ1) is 13.6. The highest BCUT2D eigenvalue weighted by Crippen LogP contribution is 2.31. The molecule has 0 aliphatic rings. The lowest BCUT2D eigenvalue weighted by atomic mass is 10.1. The molecule has 0 amide bonds. The van der Waals surface area contributed by atoms with Crippen molar-refractivity contribution in [2.45, 2.75) is 26.3 Å². The van der Waals surface area contributed by atoms with Gasteiger partial charge in [0.05, 0.1) is 0 Å². The first-order chi connectivity index (χ1) is 9.11. The van der Waals surface area contributed by atoms with Crippen LogP contribution in [0.1, 0.15) is 31.0 Å². The van der Waals surface area contributed by atoms with Gasteiger partial charge in [-0.15, -0.1) is 0 Å². The van der Waals surface area contributed by atoms with Crippen molar-refractivity contribution < 1.29 is 9.13 Å². The van der Waals surface area contributed by atoms with Gasteiger partial charge in [-0.05, 0) is 37.1 Å². The van der Waals surface area contributed by atoms with Gasteiger partial charge in [-0.1, -0.05) is 31.2 Å². The van der Waals surface area contributed by atoms with Crippen LogP contribution in [0.4, 0.5) is 4.39 Å². The van der Waals surface area contributed by atoms with E-state index in [1.807, 2.05) is 31.2 Å². The minimum Gasteiger partial charge on any atom is -0.454 e. The molecule has 2 aromatic rings. The zero-order chi connectivity index (χ0) is 13.8. The first-order valence-corrected chi connectivity index (χ1v) is 6.42. The van der Waals surface area contributed by atoms with Crippen LogP contribution in [-0.4, -0.2) is 0 Å². The number of hydrogen-bond donors (Lipinski definition) is 1. The molecule has 0 spiro atoms. The van der Waals surface area contributed by atoms with E-state index in [0.717, 1.165) is 12.0 Å². The minimum atomic E-state index is -0.392. The molecule has 2 nitrogen and oxygen atoms in total. The standard InChI is InChI=1S/C16H18FNO/c1-3-12-6-4-7-13(10-12)19-16-14(11(2)18)8-5-9-15(16)17/h4-11H,3,18H2,1-2H3/t11-/m1/s1. The average molecular weight is 259 g/mol. The summed E-state index contributed by atoms with van der Waals surface area (Å²) in [5, 5.41) is 0. The molecule has 0 aromatic heterocycles. The average Bonchev–Trinajstić information content (AvgIpc) is 2.41. The van der Waals surface area contributed by atoms with Crippen LogP contribution in [-0.2, 0) is 6.42 Å². The van der Waals surface area contributed by atoms with E-state index >= 15 is 0 Å². The van der Waals surface area contributed by atoms with Crippen LogP contribution in [0.5, 0.6) is 11.5 Å². The maximum Gasteiger partial charge on any atom is 0.167 e. The van der Waals surface area contributed by atoms with Gasteiger partial charge in [0, 0.05) is 11.6 Å². The third-order valence-corrected chi connectivity index (χ3v) is 3.01. The number of para-hydroxylation sites is 1. The molecule has 0 unspecified atom stereocenters. The second kappa shape index (κ2) is 5.85. The number of benzene rings is 2. The lowest BCUT2D eigenvalue weighted by molar-refractivity contribution is 0.432. The zero-order valence-corrected chi connectivity index (χ0v) is 11.2. The molecule has 0 saturated heterocycles. The molecule has 0 radical (unpaired) electrons. The van der Waals surface area contributed by atoms with E-state index in [1.54, 1.807) is 12.1 Å². The normalized spacial score (nSPS) is 12.2. The van der Waals surface area contributed by atoms with Gasteiger partial charge in [-0.2, -0.15) is 0 Å². The van der Waals surface area contributed by atoms with Crippen molar-refractivity contribution in [3.63, 3.8) is 0 Å². The van der Waals surface area contributed by atoms with Crippen LogP contribution >= 0.6 is 0 Å². The highest BCUT2D eigenvalue weighted by Gasteiger charge is 2.13. The number of rotatable bonds is 4. The van der Waals surface area contributed by atoms with Gasteiger partial charge in [0.2, 0.25) is 0 Å². The van der Waals surface area contributed by atoms with Crippen LogP contribution in [0, 0.1) is 5.82 Å². The Hall–Kier alpha value is -1.87. The van der Waals surface area contributed by atoms with Crippen LogP contribution in [0.25, 0.3) is 0 Å². The predicted octanol–water partition coefficient (Wildman–Crippen LogP) is 4.20. The minimum absolute atomic E-state index is 0.214. The predicted molar refractivity (Wildman–Crippen MR) is 74.9 cm³/mol. The summed E-state index contributed by atoms with van der Waals surface area (Å²) < 4.78 is 19.6. The summed E-state index contributed by atoms with van der Waals surface area (Å²) in [6.07, 6.45) is 0.911. The molecule has 19 heavy (non-hydrogen) atoms. The Labute approximate surface area is 113 Å². The highest BCUT2D eigenvalue weighted by molar-refractivity contribution is 5.41. The topological polar surface area (TPSA) is 35.2 Å². The Kier molecular flexibility index (Phi) is 4.17. The smallest absolute Gasteiger partial charge is 0.167 e. The molecule has 2 aromatic carbocycles. The molecular weight excluding hydrogens is 241 g/mol. The number of ether oxygens (including phenoxy) is 1. The Morgan fingerprint density at radius 1 is 1.21 bits per heavy atom. The van der Waals surface area contributed by atoms with E-state index in [4.69, 9.17) is 10.5 Å². The Morgan fingerprint density at radius 2 is 1.95 bits per heavy atom. The summed E-state index contributed by atoms with van der Waals surface area (Å²) >= 11 is 0. The Bertz CT molecular complexity index is 566.